The van der Waals surface area contributed by atoms with Crippen molar-refractivity contribution >= 4 is 28.5 Å². The van der Waals surface area contributed by atoms with Crippen molar-refractivity contribution in [2.75, 3.05) is 13.2 Å². The van der Waals surface area contributed by atoms with Gasteiger partial charge in [-0.05, 0) is 80.6 Å². The monoisotopic (exact) mass is 458 g/mol. The van der Waals surface area contributed by atoms with Gasteiger partial charge in [-0.15, -0.1) is 0 Å². The van der Waals surface area contributed by atoms with Crippen LogP contribution in [0, 0.1) is 11.2 Å². The third-order valence-electron chi connectivity index (χ3n) is 8.10. The third-order valence-corrected chi connectivity index (χ3v) is 8.10. The Morgan fingerprint density at radius 1 is 1.24 bits per heavy atom. The van der Waals surface area contributed by atoms with Crippen LogP contribution < -0.4 is 0 Å². The lowest BCUT2D eigenvalue weighted by molar-refractivity contribution is 0.0837. The van der Waals surface area contributed by atoms with Crippen molar-refractivity contribution < 1.29 is 9.13 Å². The van der Waals surface area contributed by atoms with Crippen molar-refractivity contribution in [3.05, 3.63) is 59.7 Å². The maximum atomic E-state index is 13.9. The summed E-state index contributed by atoms with van der Waals surface area (Å²) in [6.45, 7) is 7.96. The number of H-pyrrole nitrogens is 1. The average molecular weight is 459 g/mol. The van der Waals surface area contributed by atoms with Crippen molar-refractivity contribution in [1.29, 1.82) is 0 Å². The molecule has 0 radical (unpaired) electrons. The van der Waals surface area contributed by atoms with E-state index in [2.05, 4.69) is 40.5 Å². The van der Waals surface area contributed by atoms with E-state index >= 15 is 0 Å². The summed E-state index contributed by atoms with van der Waals surface area (Å²) >= 11 is 0. The number of benzene rings is 2. The Labute approximate surface area is 199 Å². The molecule has 1 saturated heterocycles. The summed E-state index contributed by atoms with van der Waals surface area (Å²) in [6, 6.07) is 11.3. The zero-order valence-electron chi connectivity index (χ0n) is 19.7. The van der Waals surface area contributed by atoms with Gasteiger partial charge in [-0.1, -0.05) is 13.3 Å². The maximum absolute atomic E-state index is 13.9. The lowest BCUT2D eigenvalue weighted by Gasteiger charge is -2.40. The van der Waals surface area contributed by atoms with E-state index in [1.165, 1.54) is 35.9 Å². The molecule has 1 aliphatic heterocycles. The summed E-state index contributed by atoms with van der Waals surface area (Å²) < 4.78 is 22.0. The second-order valence-electron chi connectivity index (χ2n) is 10.4. The molecular weight excluding hydrogens is 427 g/mol. The summed E-state index contributed by atoms with van der Waals surface area (Å²) in [6.07, 6.45) is 8.56. The molecule has 6 heteroatoms. The Hall–Kier alpha value is -2.99. The van der Waals surface area contributed by atoms with Crippen LogP contribution in [0.25, 0.3) is 27.5 Å². The van der Waals surface area contributed by atoms with Crippen LogP contribution in [0.3, 0.4) is 0 Å². The molecule has 1 saturated carbocycles. The molecule has 2 aromatic heterocycles. The first-order valence-electron chi connectivity index (χ1n) is 12.4. The number of nitrogens with one attached hydrogen (secondary N) is 1. The van der Waals surface area contributed by atoms with Gasteiger partial charge in [-0.25, -0.2) is 4.39 Å². The molecule has 2 aliphatic rings. The van der Waals surface area contributed by atoms with Crippen molar-refractivity contribution in [1.82, 2.24) is 14.8 Å². The van der Waals surface area contributed by atoms with Crippen LogP contribution >= 0.6 is 0 Å². The van der Waals surface area contributed by atoms with Gasteiger partial charge in [-0.2, -0.15) is 5.10 Å². The molecule has 34 heavy (non-hydrogen) atoms. The predicted molar refractivity (Wildman–Crippen MR) is 135 cm³/mol. The number of aromatic amines is 1. The van der Waals surface area contributed by atoms with Gasteiger partial charge in [0.1, 0.15) is 5.82 Å². The number of hydrogen-bond acceptors (Lipinski definition) is 3. The number of fused-ring (bicyclic) bond motifs is 2. The highest BCUT2D eigenvalue weighted by Crippen LogP contribution is 2.51. The van der Waals surface area contributed by atoms with E-state index in [9.17, 15) is 4.39 Å². The number of aliphatic imine (C=N–C) groups is 1. The predicted octanol–water partition coefficient (Wildman–Crippen LogP) is 6.86. The minimum absolute atomic E-state index is 0.00714. The Balaban J connectivity index is 1.66. The van der Waals surface area contributed by atoms with Crippen molar-refractivity contribution in [3.8, 4) is 5.69 Å². The van der Waals surface area contributed by atoms with E-state index in [0.29, 0.717) is 11.3 Å². The molecule has 2 aromatic carbocycles. The van der Waals surface area contributed by atoms with Gasteiger partial charge in [0.05, 0.1) is 23.3 Å². The number of halogens is 1. The van der Waals surface area contributed by atoms with Crippen molar-refractivity contribution in [2.45, 2.75) is 57.4 Å². The van der Waals surface area contributed by atoms with Crippen LogP contribution in [0.1, 0.15) is 68.7 Å². The van der Waals surface area contributed by atoms with E-state index in [0.717, 1.165) is 54.6 Å². The third kappa shape index (κ3) is 3.56. The molecule has 0 bridgehead atoms. The standard InChI is InChI=1S/C28H31FN4O/c1-28(10-3-11-28)16-24(30-2)26-22-15-23-19(17-31-32-23)14-25(22)33(21-6-4-20(29)5-7-21)27(26)18-8-12-34-13-9-18/h4-7,14-15,17-18,24H,2-3,8-13,16H2,1H3,(H,31,32)/t24-/m1/s1. The van der Waals surface area contributed by atoms with Crippen LogP contribution in [-0.2, 0) is 4.74 Å². The van der Waals surface area contributed by atoms with Gasteiger partial charge in [0.15, 0.2) is 0 Å². The quantitative estimate of drug-likeness (QED) is 0.321. The summed E-state index contributed by atoms with van der Waals surface area (Å²) in [5, 5.41) is 9.66. The molecule has 0 unspecified atom stereocenters. The highest BCUT2D eigenvalue weighted by molar-refractivity contribution is 5.99. The summed E-state index contributed by atoms with van der Waals surface area (Å²) in [7, 11) is 0. The minimum Gasteiger partial charge on any atom is -0.381 e. The number of nitrogens with zero attached hydrogens (tertiary/aromatic N) is 3. The first-order chi connectivity index (χ1) is 16.6. The molecule has 176 valence electrons. The lowest BCUT2D eigenvalue weighted by atomic mass is 9.66. The normalized spacial score (nSPS) is 19.4. The zero-order valence-corrected chi connectivity index (χ0v) is 19.7. The van der Waals surface area contributed by atoms with Crippen molar-refractivity contribution in [3.63, 3.8) is 0 Å². The van der Waals surface area contributed by atoms with Crippen molar-refractivity contribution in [2.24, 2.45) is 10.4 Å². The highest BCUT2D eigenvalue weighted by Gasteiger charge is 2.38. The first-order valence-corrected chi connectivity index (χ1v) is 12.4. The minimum atomic E-state index is -0.228. The summed E-state index contributed by atoms with van der Waals surface area (Å²) in [5.74, 6) is 0.116. The number of hydrogen-bond donors (Lipinski definition) is 1. The molecule has 3 heterocycles. The van der Waals surface area contributed by atoms with E-state index < -0.39 is 0 Å². The van der Waals surface area contributed by atoms with Gasteiger partial charge >= 0.3 is 0 Å². The fraction of sp³-hybridized carbons (Fsp3) is 0.429. The summed E-state index contributed by atoms with van der Waals surface area (Å²) in [4.78, 5) is 4.74. The van der Waals surface area contributed by atoms with E-state index in [-0.39, 0.29) is 11.9 Å². The van der Waals surface area contributed by atoms with E-state index in [1.54, 1.807) is 12.1 Å². The zero-order chi connectivity index (χ0) is 23.3. The second-order valence-corrected chi connectivity index (χ2v) is 10.4. The second kappa shape index (κ2) is 8.35. The van der Waals surface area contributed by atoms with Gasteiger partial charge in [0.25, 0.3) is 0 Å². The Bertz CT molecular complexity index is 1340. The SMILES string of the molecule is C=N[C@H](CC1(C)CCC1)c1c(C2CCOCC2)n(-c2ccc(F)cc2)c2cc3cn[nH]c3cc12. The van der Waals surface area contributed by atoms with Crippen LogP contribution in [0.4, 0.5) is 4.39 Å². The Kier molecular flexibility index (Phi) is 5.29. The van der Waals surface area contributed by atoms with Crippen LogP contribution in [0.5, 0.6) is 0 Å². The Morgan fingerprint density at radius 3 is 2.68 bits per heavy atom. The highest BCUT2D eigenvalue weighted by atomic mass is 19.1. The summed E-state index contributed by atoms with van der Waals surface area (Å²) in [5.41, 5.74) is 5.96. The molecule has 6 rings (SSSR count). The molecule has 2 fully saturated rings. The molecule has 1 aliphatic carbocycles. The number of aromatic nitrogens is 3. The van der Waals surface area contributed by atoms with Gasteiger partial charge in [-0.3, -0.25) is 10.1 Å². The molecule has 1 atom stereocenters. The first kappa shape index (κ1) is 21.5. The van der Waals surface area contributed by atoms with E-state index in [1.807, 2.05) is 18.3 Å². The van der Waals surface area contributed by atoms with Gasteiger partial charge in [0, 0.05) is 46.8 Å². The van der Waals surface area contributed by atoms with Crippen LogP contribution in [0.2, 0.25) is 0 Å². The average Bonchev–Trinajstić information content (AvgIpc) is 3.43. The van der Waals surface area contributed by atoms with Gasteiger partial charge < -0.3 is 9.30 Å². The molecule has 0 spiro atoms. The molecular formula is C28H31FN4O. The smallest absolute Gasteiger partial charge is 0.123 e. The number of ether oxygens (including phenoxy) is 1. The number of rotatable bonds is 6. The van der Waals surface area contributed by atoms with Gasteiger partial charge in [0.2, 0.25) is 0 Å². The Morgan fingerprint density at radius 2 is 2.00 bits per heavy atom. The van der Waals surface area contributed by atoms with Crippen LogP contribution in [-0.4, -0.2) is 34.7 Å². The van der Waals surface area contributed by atoms with Crippen LogP contribution in [0.15, 0.2) is 47.6 Å². The largest absolute Gasteiger partial charge is 0.381 e. The fourth-order valence-electron chi connectivity index (χ4n) is 6.07. The maximum Gasteiger partial charge on any atom is 0.123 e. The fourth-order valence-corrected chi connectivity index (χ4v) is 6.07. The van der Waals surface area contributed by atoms with E-state index in [4.69, 9.17) is 9.73 Å². The molecule has 0 amide bonds. The molecule has 5 nitrogen and oxygen atoms in total. The molecule has 1 N–H and O–H groups in total. The lowest BCUT2D eigenvalue weighted by Crippen LogP contribution is -2.28. The molecule has 4 aromatic rings. The topological polar surface area (TPSA) is 55.2 Å².